The second-order valence-corrected chi connectivity index (χ2v) is 8.57. The van der Waals surface area contributed by atoms with Crippen molar-refractivity contribution in [3.05, 3.63) is 70.9 Å². The lowest BCUT2D eigenvalue weighted by Crippen LogP contribution is -2.46. The van der Waals surface area contributed by atoms with E-state index < -0.39 is 5.41 Å². The van der Waals surface area contributed by atoms with E-state index in [0.29, 0.717) is 19.6 Å². The summed E-state index contributed by atoms with van der Waals surface area (Å²) in [5.41, 5.74) is 0.529. The molecule has 4 nitrogen and oxygen atoms in total. The van der Waals surface area contributed by atoms with E-state index >= 15 is 0 Å². The molecule has 2 rings (SSSR count). The second kappa shape index (κ2) is 9.51. The number of carbonyl (C=O) groups is 2. The fourth-order valence-corrected chi connectivity index (χ4v) is 3.46. The van der Waals surface area contributed by atoms with Crippen molar-refractivity contribution >= 4 is 23.2 Å². The monoisotopic (exact) mass is 384 g/mol. The molecule has 144 valence electrons. The average molecular weight is 385 g/mol. The van der Waals surface area contributed by atoms with Crippen LogP contribution in [0.15, 0.2) is 60.5 Å². The van der Waals surface area contributed by atoms with Gasteiger partial charge in [0.25, 0.3) is 0 Å². The molecular weight excluding hydrogens is 356 g/mol. The van der Waals surface area contributed by atoms with Gasteiger partial charge in [0.15, 0.2) is 0 Å². The van der Waals surface area contributed by atoms with Crippen LogP contribution in [0.4, 0.5) is 0 Å². The highest BCUT2D eigenvalue weighted by Gasteiger charge is 2.29. The Morgan fingerprint density at radius 3 is 2.30 bits per heavy atom. The summed E-state index contributed by atoms with van der Waals surface area (Å²) < 4.78 is 0. The van der Waals surface area contributed by atoms with Crippen LogP contribution >= 0.6 is 11.3 Å². The molecule has 2 amide bonds. The molecule has 2 aromatic rings. The van der Waals surface area contributed by atoms with Crippen molar-refractivity contribution in [2.24, 2.45) is 5.41 Å². The molecule has 0 aliphatic carbocycles. The first-order valence-corrected chi connectivity index (χ1v) is 9.93. The van der Waals surface area contributed by atoms with Crippen molar-refractivity contribution in [1.82, 2.24) is 9.80 Å². The molecule has 0 fully saturated rings. The number of hydrogen-bond donors (Lipinski definition) is 0. The maximum absolute atomic E-state index is 13.1. The maximum Gasteiger partial charge on any atom is 0.242 e. The molecule has 5 heteroatoms. The fourth-order valence-electron chi connectivity index (χ4n) is 2.74. The molecule has 27 heavy (non-hydrogen) atoms. The highest BCUT2D eigenvalue weighted by Crippen LogP contribution is 2.19. The summed E-state index contributed by atoms with van der Waals surface area (Å²) in [7, 11) is 0. The van der Waals surface area contributed by atoms with E-state index in [1.54, 1.807) is 22.3 Å². The third-order valence-electron chi connectivity index (χ3n) is 4.10. The Morgan fingerprint density at radius 1 is 1.04 bits per heavy atom. The number of rotatable bonds is 8. The topological polar surface area (TPSA) is 40.6 Å². The molecule has 0 radical (unpaired) electrons. The molecule has 1 aromatic carbocycles. The Hall–Kier alpha value is -2.40. The van der Waals surface area contributed by atoms with Gasteiger partial charge in [-0.15, -0.1) is 17.9 Å². The summed E-state index contributed by atoms with van der Waals surface area (Å²) in [5.74, 6) is -0.113. The standard InChI is InChI=1S/C22H28N2O2S/c1-5-13-23(21(26)22(2,3)4)17-20(25)24(16-19-12-9-14-27-19)15-18-10-7-6-8-11-18/h5-12,14H,1,13,15-17H2,2-4H3. The van der Waals surface area contributed by atoms with Gasteiger partial charge in [-0.2, -0.15) is 0 Å². The molecule has 0 saturated heterocycles. The number of hydrogen-bond acceptors (Lipinski definition) is 3. The third-order valence-corrected chi connectivity index (χ3v) is 4.96. The van der Waals surface area contributed by atoms with E-state index in [-0.39, 0.29) is 18.4 Å². The number of carbonyl (C=O) groups excluding carboxylic acids is 2. The molecule has 0 atom stereocenters. The van der Waals surface area contributed by atoms with E-state index in [0.717, 1.165) is 10.4 Å². The van der Waals surface area contributed by atoms with Crippen LogP contribution in [0.3, 0.4) is 0 Å². The Labute approximate surface area is 166 Å². The van der Waals surface area contributed by atoms with Crippen molar-refractivity contribution < 1.29 is 9.59 Å². The first kappa shape index (κ1) is 20.9. The highest BCUT2D eigenvalue weighted by molar-refractivity contribution is 7.09. The lowest BCUT2D eigenvalue weighted by atomic mass is 9.94. The summed E-state index contributed by atoms with van der Waals surface area (Å²) >= 11 is 1.63. The number of amides is 2. The summed E-state index contributed by atoms with van der Waals surface area (Å²) in [6.07, 6.45) is 1.66. The van der Waals surface area contributed by atoms with E-state index in [1.807, 2.05) is 73.5 Å². The van der Waals surface area contributed by atoms with Gasteiger partial charge in [0.05, 0.1) is 6.54 Å². The van der Waals surface area contributed by atoms with Gasteiger partial charge in [-0.1, -0.05) is 63.2 Å². The Kier molecular flexibility index (Phi) is 7.36. The summed E-state index contributed by atoms with van der Waals surface area (Å²) in [5, 5.41) is 2.01. The number of thiophene rings is 1. The SMILES string of the molecule is C=CCN(CC(=O)N(Cc1ccccc1)Cc1cccs1)C(=O)C(C)(C)C. The normalized spacial score (nSPS) is 11.1. The Morgan fingerprint density at radius 2 is 1.74 bits per heavy atom. The number of benzene rings is 1. The molecule has 0 N–H and O–H groups in total. The molecule has 0 saturated carbocycles. The molecule has 1 heterocycles. The zero-order chi connectivity index (χ0) is 19.9. The minimum Gasteiger partial charge on any atom is -0.332 e. The molecule has 0 unspecified atom stereocenters. The minimum absolute atomic E-state index is 0.0495. The summed E-state index contributed by atoms with van der Waals surface area (Å²) in [4.78, 5) is 30.3. The molecule has 0 aliphatic rings. The van der Waals surface area contributed by atoms with E-state index in [9.17, 15) is 9.59 Å². The van der Waals surface area contributed by atoms with Crippen molar-refractivity contribution in [2.45, 2.75) is 33.9 Å². The van der Waals surface area contributed by atoms with Crippen LogP contribution < -0.4 is 0 Å². The molecule has 0 spiro atoms. The van der Waals surface area contributed by atoms with Gasteiger partial charge in [-0.25, -0.2) is 0 Å². The molecule has 1 aromatic heterocycles. The third kappa shape index (κ3) is 6.36. The Bertz CT molecular complexity index is 748. The van der Waals surface area contributed by atoms with Gasteiger partial charge in [0, 0.05) is 23.4 Å². The van der Waals surface area contributed by atoms with Crippen molar-refractivity contribution in [1.29, 1.82) is 0 Å². The zero-order valence-electron chi connectivity index (χ0n) is 16.4. The summed E-state index contributed by atoms with van der Waals surface area (Å²) in [6, 6.07) is 13.9. The van der Waals surface area contributed by atoms with E-state index in [1.165, 1.54) is 0 Å². The van der Waals surface area contributed by atoms with Gasteiger partial charge >= 0.3 is 0 Å². The first-order valence-electron chi connectivity index (χ1n) is 9.05. The quantitative estimate of drug-likeness (QED) is 0.635. The van der Waals surface area contributed by atoms with Crippen LogP contribution in [0.5, 0.6) is 0 Å². The zero-order valence-corrected chi connectivity index (χ0v) is 17.2. The predicted molar refractivity (Wildman–Crippen MR) is 111 cm³/mol. The van der Waals surface area contributed by atoms with Crippen LogP contribution in [-0.2, 0) is 22.7 Å². The second-order valence-electron chi connectivity index (χ2n) is 7.54. The van der Waals surface area contributed by atoms with Crippen LogP contribution in [0.1, 0.15) is 31.2 Å². The van der Waals surface area contributed by atoms with Gasteiger partial charge in [0.2, 0.25) is 11.8 Å². The predicted octanol–water partition coefficient (Wildman–Crippen LogP) is 4.34. The number of nitrogens with zero attached hydrogens (tertiary/aromatic N) is 2. The minimum atomic E-state index is -0.540. The van der Waals surface area contributed by atoms with Gasteiger partial charge in [-0.3, -0.25) is 9.59 Å². The first-order chi connectivity index (χ1) is 12.8. The van der Waals surface area contributed by atoms with Gasteiger partial charge in [-0.05, 0) is 17.0 Å². The maximum atomic E-state index is 13.1. The Balaban J connectivity index is 2.17. The van der Waals surface area contributed by atoms with Crippen LogP contribution in [-0.4, -0.2) is 34.7 Å². The highest BCUT2D eigenvalue weighted by atomic mass is 32.1. The van der Waals surface area contributed by atoms with Gasteiger partial charge in [0.1, 0.15) is 6.54 Å². The van der Waals surface area contributed by atoms with Gasteiger partial charge < -0.3 is 9.80 Å². The summed E-state index contributed by atoms with van der Waals surface area (Å²) in [6.45, 7) is 10.8. The van der Waals surface area contributed by atoms with Crippen LogP contribution in [0.25, 0.3) is 0 Å². The van der Waals surface area contributed by atoms with Crippen LogP contribution in [0.2, 0.25) is 0 Å². The smallest absolute Gasteiger partial charge is 0.242 e. The van der Waals surface area contributed by atoms with Crippen LogP contribution in [0, 0.1) is 5.41 Å². The van der Waals surface area contributed by atoms with E-state index in [2.05, 4.69) is 6.58 Å². The molecule has 0 bridgehead atoms. The largest absolute Gasteiger partial charge is 0.332 e. The fraction of sp³-hybridized carbons (Fsp3) is 0.364. The molecular formula is C22H28N2O2S. The van der Waals surface area contributed by atoms with E-state index in [4.69, 9.17) is 0 Å². The van der Waals surface area contributed by atoms with Crippen molar-refractivity contribution in [3.63, 3.8) is 0 Å². The van der Waals surface area contributed by atoms with Crippen molar-refractivity contribution in [3.8, 4) is 0 Å². The lowest BCUT2D eigenvalue weighted by Gasteiger charge is -2.31. The average Bonchev–Trinajstić information content (AvgIpc) is 3.13. The lowest BCUT2D eigenvalue weighted by molar-refractivity contribution is -0.145. The molecule has 0 aliphatic heterocycles. The van der Waals surface area contributed by atoms with Crippen molar-refractivity contribution in [2.75, 3.05) is 13.1 Å².